The molecule has 1 aliphatic heterocycles. The smallest absolute Gasteiger partial charge is 0.214 e. The van der Waals surface area contributed by atoms with E-state index in [1.165, 1.54) is 0 Å². The monoisotopic (exact) mass is 571 g/mol. The molecular formula is C26H53N3O5Si3. The first kappa shape index (κ1) is 32.5. The number of ether oxygens (including phenoxy) is 1. The van der Waals surface area contributed by atoms with Crippen molar-refractivity contribution in [1.29, 1.82) is 0 Å². The Balaban J connectivity index is 2.57. The number of nitrogens with zero attached hydrogens (tertiary/aromatic N) is 3. The minimum absolute atomic E-state index is 0.00881. The van der Waals surface area contributed by atoms with Gasteiger partial charge in [0.2, 0.25) is 5.82 Å². The van der Waals surface area contributed by atoms with Gasteiger partial charge in [-0.05, 0) is 54.4 Å². The molecule has 0 aromatic carbocycles. The fourth-order valence-corrected chi connectivity index (χ4v) is 6.95. The van der Waals surface area contributed by atoms with E-state index in [2.05, 4.69) is 112 Å². The van der Waals surface area contributed by atoms with Gasteiger partial charge in [0.25, 0.3) is 0 Å². The highest BCUT2D eigenvalue weighted by atomic mass is 28.4. The summed E-state index contributed by atoms with van der Waals surface area (Å²) < 4.78 is 29.1. The minimum Gasteiger partial charge on any atom is -0.414 e. The Kier molecular flexibility index (Phi) is 9.40. The van der Waals surface area contributed by atoms with Gasteiger partial charge in [-0.2, -0.15) is 0 Å². The molecule has 0 amide bonds. The van der Waals surface area contributed by atoms with E-state index in [4.69, 9.17) is 18.0 Å². The number of carbonyl (C=O) groups is 1. The van der Waals surface area contributed by atoms with Crippen LogP contribution in [0.5, 0.6) is 0 Å². The van der Waals surface area contributed by atoms with E-state index < -0.39 is 37.3 Å². The van der Waals surface area contributed by atoms with Gasteiger partial charge in [0.15, 0.2) is 37.5 Å². The normalized spacial score (nSPS) is 24.5. The summed E-state index contributed by atoms with van der Waals surface area (Å²) in [5.41, 5.74) is 0. The second-order valence-corrected chi connectivity index (χ2v) is 29.3. The van der Waals surface area contributed by atoms with E-state index in [1.54, 1.807) is 11.0 Å². The molecule has 214 valence electrons. The Morgan fingerprint density at radius 3 is 1.70 bits per heavy atom. The quantitative estimate of drug-likeness (QED) is 0.238. The van der Waals surface area contributed by atoms with Crippen LogP contribution < -0.4 is 0 Å². The first-order chi connectivity index (χ1) is 16.4. The van der Waals surface area contributed by atoms with Crippen LogP contribution in [0.4, 0.5) is 0 Å². The van der Waals surface area contributed by atoms with Crippen molar-refractivity contribution in [2.75, 3.05) is 6.61 Å². The number of aldehydes is 1. The maximum atomic E-state index is 11.4. The van der Waals surface area contributed by atoms with Crippen LogP contribution in [0.2, 0.25) is 54.4 Å². The number of hydrogen-bond acceptors (Lipinski definition) is 7. The van der Waals surface area contributed by atoms with Crippen LogP contribution in [0.1, 0.15) is 79.2 Å². The van der Waals surface area contributed by atoms with Gasteiger partial charge in [-0.1, -0.05) is 62.3 Å². The highest BCUT2D eigenvalue weighted by Gasteiger charge is 2.55. The fraction of sp³-hybridized carbons (Fsp3) is 0.885. The largest absolute Gasteiger partial charge is 0.414 e. The minimum atomic E-state index is -2.24. The SMILES string of the molecule is CC(C)(C)[Si](C)(C)OC[C@H]1O[C@@H](n2cnc(C=O)n2)[C@@H](O[Si](C)(C)C(C)(C)C)C1O[Si](C)(C)C(C)(C)C. The van der Waals surface area contributed by atoms with Gasteiger partial charge < -0.3 is 18.0 Å². The van der Waals surface area contributed by atoms with E-state index >= 15 is 0 Å². The molecule has 1 saturated heterocycles. The van der Waals surface area contributed by atoms with E-state index in [0.717, 1.165) is 0 Å². The van der Waals surface area contributed by atoms with Crippen molar-refractivity contribution in [3.63, 3.8) is 0 Å². The van der Waals surface area contributed by atoms with Crippen LogP contribution >= 0.6 is 0 Å². The Morgan fingerprint density at radius 1 is 0.838 bits per heavy atom. The summed E-state index contributed by atoms with van der Waals surface area (Å²) in [6.07, 6.45) is 0.538. The predicted molar refractivity (Wildman–Crippen MR) is 157 cm³/mol. The molecule has 2 rings (SSSR count). The summed E-state index contributed by atoms with van der Waals surface area (Å²) >= 11 is 0. The topological polar surface area (TPSA) is 84.7 Å². The van der Waals surface area contributed by atoms with Crippen LogP contribution in [-0.2, 0) is 18.0 Å². The Labute approximate surface area is 228 Å². The van der Waals surface area contributed by atoms with Gasteiger partial charge in [-0.25, -0.2) is 9.67 Å². The van der Waals surface area contributed by atoms with Crippen LogP contribution in [-0.4, -0.2) is 70.9 Å². The van der Waals surface area contributed by atoms with Gasteiger partial charge in [-0.3, -0.25) is 4.79 Å². The average Bonchev–Trinajstić information content (AvgIpc) is 3.29. The van der Waals surface area contributed by atoms with Crippen molar-refractivity contribution in [2.45, 2.75) is 141 Å². The van der Waals surface area contributed by atoms with Crippen LogP contribution in [0, 0.1) is 0 Å². The lowest BCUT2D eigenvalue weighted by Gasteiger charge is -2.44. The number of carbonyl (C=O) groups excluding carboxylic acids is 1. The zero-order valence-corrected chi connectivity index (χ0v) is 29.1. The van der Waals surface area contributed by atoms with E-state index in [1.807, 2.05) is 0 Å². The van der Waals surface area contributed by atoms with Crippen molar-refractivity contribution in [2.24, 2.45) is 0 Å². The zero-order chi connectivity index (χ0) is 28.8. The van der Waals surface area contributed by atoms with Gasteiger partial charge in [-0.15, -0.1) is 5.10 Å². The van der Waals surface area contributed by atoms with Crippen molar-refractivity contribution >= 4 is 31.2 Å². The molecule has 0 bridgehead atoms. The van der Waals surface area contributed by atoms with Gasteiger partial charge in [0.1, 0.15) is 24.6 Å². The Bertz CT molecular complexity index is 929. The summed E-state index contributed by atoms with van der Waals surface area (Å²) in [5.74, 6) is 0.123. The lowest BCUT2D eigenvalue weighted by Crippen LogP contribution is -2.54. The summed E-state index contributed by atoms with van der Waals surface area (Å²) in [7, 11) is -6.48. The number of rotatable bonds is 9. The number of hydrogen-bond donors (Lipinski definition) is 0. The second kappa shape index (κ2) is 10.7. The lowest BCUT2D eigenvalue weighted by atomic mass is 10.1. The summed E-state index contributed by atoms with van der Waals surface area (Å²) in [6.45, 7) is 34.0. The van der Waals surface area contributed by atoms with Gasteiger partial charge in [0, 0.05) is 0 Å². The third-order valence-corrected chi connectivity index (χ3v) is 22.5. The molecule has 37 heavy (non-hydrogen) atoms. The highest BCUT2D eigenvalue weighted by Crippen LogP contribution is 2.46. The van der Waals surface area contributed by atoms with Crippen molar-refractivity contribution < 1.29 is 22.8 Å². The molecule has 11 heteroatoms. The van der Waals surface area contributed by atoms with Crippen molar-refractivity contribution in [1.82, 2.24) is 14.8 Å². The van der Waals surface area contributed by atoms with E-state index in [-0.39, 0.29) is 33.1 Å². The molecule has 0 radical (unpaired) electrons. The average molecular weight is 572 g/mol. The molecule has 0 N–H and O–H groups in total. The highest BCUT2D eigenvalue weighted by molar-refractivity contribution is 6.75. The molecule has 1 fully saturated rings. The molecule has 1 aromatic heterocycles. The lowest BCUT2D eigenvalue weighted by molar-refractivity contribution is -0.0548. The molecule has 0 saturated carbocycles. The zero-order valence-electron chi connectivity index (χ0n) is 26.1. The molecule has 0 spiro atoms. The standard InChI is InChI=1S/C26H53N3O5Si3/c1-24(2,3)35(10,11)31-17-19-21(33-36(12,13)25(4,5)6)22(34-37(14,15)26(7,8)9)23(32-19)29-18-27-20(16-30)28-29/h16,18-19,21-23H,17H2,1-15H3/t19-,21?,22+,23-/m1/s1. The summed E-state index contributed by atoms with van der Waals surface area (Å²) in [4.78, 5) is 15.5. The first-order valence-corrected chi connectivity index (χ1v) is 22.2. The van der Waals surface area contributed by atoms with Crippen molar-refractivity contribution in [3.8, 4) is 0 Å². The molecule has 4 atom stereocenters. The third-order valence-electron chi connectivity index (χ3n) is 9.07. The molecule has 8 nitrogen and oxygen atoms in total. The maximum absolute atomic E-state index is 11.4. The summed E-state index contributed by atoms with van der Waals surface area (Å²) in [6, 6.07) is 0. The molecule has 0 aliphatic carbocycles. The van der Waals surface area contributed by atoms with Crippen LogP contribution in [0.15, 0.2) is 6.33 Å². The molecule has 1 aliphatic rings. The summed E-state index contributed by atoms with van der Waals surface area (Å²) in [5, 5.41) is 4.46. The van der Waals surface area contributed by atoms with Crippen LogP contribution in [0.25, 0.3) is 0 Å². The predicted octanol–water partition coefficient (Wildman–Crippen LogP) is 6.79. The number of aromatic nitrogens is 3. The first-order valence-electron chi connectivity index (χ1n) is 13.4. The van der Waals surface area contributed by atoms with Gasteiger partial charge >= 0.3 is 0 Å². The van der Waals surface area contributed by atoms with E-state index in [0.29, 0.717) is 12.9 Å². The Hall–Kier alpha value is -0.699. The maximum Gasteiger partial charge on any atom is 0.214 e. The fourth-order valence-electron chi connectivity index (χ4n) is 3.33. The third kappa shape index (κ3) is 7.29. The van der Waals surface area contributed by atoms with E-state index in [9.17, 15) is 4.79 Å². The van der Waals surface area contributed by atoms with Crippen LogP contribution in [0.3, 0.4) is 0 Å². The molecular weight excluding hydrogens is 519 g/mol. The molecule has 1 unspecified atom stereocenters. The second-order valence-electron chi connectivity index (χ2n) is 15.0. The van der Waals surface area contributed by atoms with Gasteiger partial charge in [0.05, 0.1) is 6.61 Å². The van der Waals surface area contributed by atoms with Crippen molar-refractivity contribution in [3.05, 3.63) is 12.2 Å². The molecule has 1 aromatic rings. The molecule has 2 heterocycles. The Morgan fingerprint density at radius 2 is 1.30 bits per heavy atom.